The van der Waals surface area contributed by atoms with E-state index in [0.717, 1.165) is 62.4 Å². The van der Waals surface area contributed by atoms with E-state index in [9.17, 15) is 5.11 Å². The Bertz CT molecular complexity index is 580. The van der Waals surface area contributed by atoms with E-state index in [1.807, 2.05) is 10.6 Å². The van der Waals surface area contributed by atoms with Crippen molar-refractivity contribution in [1.29, 1.82) is 0 Å². The average Bonchev–Trinajstić information content (AvgIpc) is 2.80. The molecule has 0 amide bonds. The molecule has 0 spiro atoms. The highest BCUT2D eigenvalue weighted by Gasteiger charge is 2.18. The van der Waals surface area contributed by atoms with Crippen molar-refractivity contribution in [3.63, 3.8) is 0 Å². The summed E-state index contributed by atoms with van der Waals surface area (Å²) in [5.74, 6) is 1.11. The number of anilines is 1. The van der Waals surface area contributed by atoms with Crippen LogP contribution in [-0.4, -0.2) is 38.9 Å². The molecule has 0 radical (unpaired) electrons. The van der Waals surface area contributed by atoms with Gasteiger partial charge in [0.15, 0.2) is 5.65 Å². The van der Waals surface area contributed by atoms with Crippen molar-refractivity contribution in [1.82, 2.24) is 14.6 Å². The lowest BCUT2D eigenvalue weighted by Crippen LogP contribution is -2.27. The van der Waals surface area contributed by atoms with Crippen LogP contribution in [0.4, 0.5) is 5.82 Å². The second kappa shape index (κ2) is 5.79. The lowest BCUT2D eigenvalue weighted by molar-refractivity contribution is 0.161. The highest BCUT2D eigenvalue weighted by Crippen LogP contribution is 2.21. The summed E-state index contributed by atoms with van der Waals surface area (Å²) in [5.41, 5.74) is 2.04. The Kier molecular flexibility index (Phi) is 3.87. The first-order chi connectivity index (χ1) is 9.78. The summed E-state index contributed by atoms with van der Waals surface area (Å²) in [4.78, 5) is 6.97. The molecule has 0 unspecified atom stereocenters. The molecule has 1 atom stereocenters. The van der Waals surface area contributed by atoms with Gasteiger partial charge in [0.05, 0.1) is 12.3 Å². The van der Waals surface area contributed by atoms with Gasteiger partial charge in [0.2, 0.25) is 0 Å². The minimum Gasteiger partial charge on any atom is -0.393 e. The van der Waals surface area contributed by atoms with Crippen molar-refractivity contribution in [2.24, 2.45) is 0 Å². The molecular weight excluding hydrogens is 252 g/mol. The quantitative estimate of drug-likeness (QED) is 0.930. The molecule has 1 N–H and O–H groups in total. The Morgan fingerprint density at radius 1 is 1.35 bits per heavy atom. The first-order valence-electron chi connectivity index (χ1n) is 7.54. The summed E-state index contributed by atoms with van der Waals surface area (Å²) < 4.78 is 1.91. The van der Waals surface area contributed by atoms with Crippen LogP contribution in [0.5, 0.6) is 0 Å². The number of nitrogens with zero attached hydrogens (tertiary/aromatic N) is 4. The van der Waals surface area contributed by atoms with Gasteiger partial charge in [-0.25, -0.2) is 4.98 Å². The van der Waals surface area contributed by atoms with Crippen molar-refractivity contribution in [3.8, 4) is 0 Å². The topological polar surface area (TPSA) is 53.7 Å². The van der Waals surface area contributed by atoms with Crippen LogP contribution in [0.15, 0.2) is 18.3 Å². The maximum atomic E-state index is 9.80. The summed E-state index contributed by atoms with van der Waals surface area (Å²) in [6.45, 7) is 4.03. The summed E-state index contributed by atoms with van der Waals surface area (Å²) in [7, 11) is 0. The van der Waals surface area contributed by atoms with Gasteiger partial charge >= 0.3 is 0 Å². The lowest BCUT2D eigenvalue weighted by atomic mass is 10.2. The van der Waals surface area contributed by atoms with Gasteiger partial charge in [-0.05, 0) is 25.7 Å². The molecule has 1 saturated heterocycles. The maximum absolute atomic E-state index is 9.80. The highest BCUT2D eigenvalue weighted by atomic mass is 16.3. The van der Waals surface area contributed by atoms with E-state index < -0.39 is 0 Å². The third-order valence-corrected chi connectivity index (χ3v) is 3.92. The van der Waals surface area contributed by atoms with Gasteiger partial charge in [0, 0.05) is 30.9 Å². The smallest absolute Gasteiger partial charge is 0.157 e. The van der Waals surface area contributed by atoms with Crippen LogP contribution in [0, 0.1) is 0 Å². The Morgan fingerprint density at radius 2 is 2.25 bits per heavy atom. The monoisotopic (exact) mass is 274 g/mol. The van der Waals surface area contributed by atoms with E-state index in [4.69, 9.17) is 0 Å². The molecule has 108 valence electrons. The van der Waals surface area contributed by atoms with E-state index in [2.05, 4.69) is 28.0 Å². The second-order valence-electron chi connectivity index (χ2n) is 5.53. The minimum atomic E-state index is -0.162. The SMILES string of the molecule is CCCc1cc(N2CCC[C@@H](O)CC2)n2nccc2n1. The van der Waals surface area contributed by atoms with Crippen LogP contribution in [0.1, 0.15) is 38.3 Å². The fraction of sp³-hybridized carbons (Fsp3) is 0.600. The first kappa shape index (κ1) is 13.4. The molecule has 5 nitrogen and oxygen atoms in total. The number of hydrogen-bond acceptors (Lipinski definition) is 4. The predicted octanol–water partition coefficient (Wildman–Crippen LogP) is 2.03. The molecule has 0 aromatic carbocycles. The van der Waals surface area contributed by atoms with E-state index >= 15 is 0 Å². The van der Waals surface area contributed by atoms with Crippen molar-refractivity contribution < 1.29 is 5.11 Å². The molecular formula is C15H22N4O. The molecule has 3 heterocycles. The number of aromatic nitrogens is 3. The van der Waals surface area contributed by atoms with Crippen molar-refractivity contribution in [2.75, 3.05) is 18.0 Å². The zero-order chi connectivity index (χ0) is 13.9. The largest absolute Gasteiger partial charge is 0.393 e. The molecule has 1 aliphatic rings. The fourth-order valence-electron chi connectivity index (χ4n) is 2.86. The third-order valence-electron chi connectivity index (χ3n) is 3.92. The average molecular weight is 274 g/mol. The van der Waals surface area contributed by atoms with Crippen molar-refractivity contribution in [3.05, 3.63) is 24.0 Å². The minimum absolute atomic E-state index is 0.162. The molecule has 0 aliphatic carbocycles. The molecule has 1 aliphatic heterocycles. The van der Waals surface area contributed by atoms with Gasteiger partial charge in [-0.3, -0.25) is 0 Å². The van der Waals surface area contributed by atoms with E-state index in [-0.39, 0.29) is 6.10 Å². The van der Waals surface area contributed by atoms with Gasteiger partial charge in [-0.1, -0.05) is 13.3 Å². The fourth-order valence-corrected chi connectivity index (χ4v) is 2.86. The van der Waals surface area contributed by atoms with Gasteiger partial charge in [-0.2, -0.15) is 9.61 Å². The standard InChI is InChI=1S/C15H22N4O/c1-2-4-12-11-15(19-14(17-12)6-8-16-19)18-9-3-5-13(20)7-10-18/h6,8,11,13,20H,2-5,7,9-10H2,1H3/t13-/m1/s1. The zero-order valence-corrected chi connectivity index (χ0v) is 12.0. The zero-order valence-electron chi connectivity index (χ0n) is 12.0. The van der Waals surface area contributed by atoms with Crippen molar-refractivity contribution >= 4 is 11.5 Å². The lowest BCUT2D eigenvalue weighted by Gasteiger charge is -2.23. The number of fused-ring (bicyclic) bond motifs is 1. The number of aryl methyl sites for hydroxylation is 1. The van der Waals surface area contributed by atoms with Crippen LogP contribution >= 0.6 is 0 Å². The number of aliphatic hydroxyl groups is 1. The normalized spacial score (nSPS) is 20.3. The molecule has 0 bridgehead atoms. The van der Waals surface area contributed by atoms with Crippen LogP contribution in [0.25, 0.3) is 5.65 Å². The molecule has 3 rings (SSSR count). The maximum Gasteiger partial charge on any atom is 0.157 e. The van der Waals surface area contributed by atoms with Gasteiger partial charge in [0.1, 0.15) is 5.82 Å². The van der Waals surface area contributed by atoms with Crippen LogP contribution in [-0.2, 0) is 6.42 Å². The van der Waals surface area contributed by atoms with Gasteiger partial charge < -0.3 is 10.0 Å². The Hall–Kier alpha value is -1.62. The predicted molar refractivity (Wildman–Crippen MR) is 79.1 cm³/mol. The third kappa shape index (κ3) is 2.63. The first-order valence-corrected chi connectivity index (χ1v) is 7.54. The van der Waals surface area contributed by atoms with E-state index in [0.29, 0.717) is 0 Å². The number of hydrogen-bond donors (Lipinski definition) is 1. The Morgan fingerprint density at radius 3 is 3.10 bits per heavy atom. The van der Waals surface area contributed by atoms with Crippen molar-refractivity contribution in [2.45, 2.75) is 45.1 Å². The Balaban J connectivity index is 1.97. The second-order valence-corrected chi connectivity index (χ2v) is 5.53. The summed E-state index contributed by atoms with van der Waals surface area (Å²) in [5, 5.41) is 14.2. The molecule has 5 heteroatoms. The van der Waals surface area contributed by atoms with E-state index in [1.165, 1.54) is 0 Å². The van der Waals surface area contributed by atoms with Crippen LogP contribution in [0.3, 0.4) is 0 Å². The summed E-state index contributed by atoms with van der Waals surface area (Å²) >= 11 is 0. The molecule has 20 heavy (non-hydrogen) atoms. The van der Waals surface area contributed by atoms with Gasteiger partial charge in [-0.15, -0.1) is 0 Å². The summed E-state index contributed by atoms with van der Waals surface area (Å²) in [6, 6.07) is 4.11. The number of rotatable bonds is 3. The van der Waals surface area contributed by atoms with E-state index in [1.54, 1.807) is 6.20 Å². The molecule has 1 fully saturated rings. The molecule has 0 saturated carbocycles. The van der Waals surface area contributed by atoms with Gasteiger partial charge in [0.25, 0.3) is 0 Å². The molecule has 2 aromatic heterocycles. The molecule has 2 aromatic rings. The summed E-state index contributed by atoms with van der Waals surface area (Å²) in [6.07, 6.45) is 6.47. The highest BCUT2D eigenvalue weighted by molar-refractivity contribution is 5.51. The van der Waals surface area contributed by atoms with Crippen LogP contribution in [0.2, 0.25) is 0 Å². The Labute approximate surface area is 119 Å². The number of aliphatic hydroxyl groups excluding tert-OH is 1. The van der Waals surface area contributed by atoms with Crippen LogP contribution < -0.4 is 4.90 Å².